The van der Waals surface area contributed by atoms with E-state index in [0.29, 0.717) is 26.2 Å². The van der Waals surface area contributed by atoms with Gasteiger partial charge < -0.3 is 10.2 Å². The summed E-state index contributed by atoms with van der Waals surface area (Å²) in [5.41, 5.74) is 2.50. The zero-order valence-electron chi connectivity index (χ0n) is 12.7. The second-order valence-electron chi connectivity index (χ2n) is 5.89. The Labute approximate surface area is 131 Å². The molecule has 0 saturated carbocycles. The van der Waals surface area contributed by atoms with Gasteiger partial charge in [-0.1, -0.05) is 24.3 Å². The molecule has 7 heteroatoms. The van der Waals surface area contributed by atoms with E-state index in [0.717, 1.165) is 12.8 Å². The summed E-state index contributed by atoms with van der Waals surface area (Å²) < 4.78 is 24.4. The predicted molar refractivity (Wildman–Crippen MR) is 84.0 cm³/mol. The molecule has 6 nitrogen and oxygen atoms in total. The van der Waals surface area contributed by atoms with Crippen LogP contribution >= 0.6 is 0 Å². The van der Waals surface area contributed by atoms with Gasteiger partial charge in [-0.2, -0.15) is 4.31 Å². The number of benzene rings is 1. The van der Waals surface area contributed by atoms with Crippen LogP contribution in [0.1, 0.15) is 23.6 Å². The number of fused-ring (bicyclic) bond motifs is 1. The van der Waals surface area contributed by atoms with E-state index in [1.54, 1.807) is 4.90 Å². The van der Waals surface area contributed by atoms with Crippen LogP contribution in [-0.4, -0.2) is 56.1 Å². The second-order valence-corrected chi connectivity index (χ2v) is 7.87. The maximum Gasteiger partial charge on any atom is 0.317 e. The number of carbonyl (C=O) groups excluding carboxylic acids is 1. The van der Waals surface area contributed by atoms with Gasteiger partial charge in [-0.25, -0.2) is 13.2 Å². The SMILES string of the molecule is CS(=O)(=O)N1CCN(C(=O)N[C@H]2CCc3ccccc32)CC1. The number of sulfonamides is 1. The van der Waals surface area contributed by atoms with Crippen LogP contribution in [0.4, 0.5) is 4.79 Å². The minimum atomic E-state index is -3.16. The first-order valence-electron chi connectivity index (χ1n) is 7.53. The van der Waals surface area contributed by atoms with E-state index in [1.165, 1.54) is 21.7 Å². The molecule has 2 amide bonds. The van der Waals surface area contributed by atoms with Crippen LogP contribution in [0.15, 0.2) is 24.3 Å². The number of urea groups is 1. The molecule has 1 fully saturated rings. The molecule has 0 spiro atoms. The first-order chi connectivity index (χ1) is 10.4. The van der Waals surface area contributed by atoms with E-state index in [9.17, 15) is 13.2 Å². The molecule has 0 radical (unpaired) electrons. The van der Waals surface area contributed by atoms with E-state index in [1.807, 2.05) is 12.1 Å². The molecule has 0 aromatic heterocycles. The Hall–Kier alpha value is -1.60. The average molecular weight is 323 g/mol. The number of hydrogen-bond acceptors (Lipinski definition) is 3. The highest BCUT2D eigenvalue weighted by Gasteiger charge is 2.29. The Morgan fingerprint density at radius 2 is 1.86 bits per heavy atom. The molecule has 0 unspecified atom stereocenters. The van der Waals surface area contributed by atoms with E-state index >= 15 is 0 Å². The van der Waals surface area contributed by atoms with E-state index < -0.39 is 10.0 Å². The van der Waals surface area contributed by atoms with Gasteiger partial charge in [-0.05, 0) is 24.0 Å². The maximum absolute atomic E-state index is 12.4. The van der Waals surface area contributed by atoms with Crippen molar-refractivity contribution in [3.63, 3.8) is 0 Å². The number of piperazine rings is 1. The summed E-state index contributed by atoms with van der Waals surface area (Å²) in [6.45, 7) is 1.61. The number of amides is 2. The van der Waals surface area contributed by atoms with E-state index in [-0.39, 0.29) is 12.1 Å². The van der Waals surface area contributed by atoms with Gasteiger partial charge in [0.15, 0.2) is 0 Å². The maximum atomic E-state index is 12.4. The fourth-order valence-electron chi connectivity index (χ4n) is 3.17. The third kappa shape index (κ3) is 3.10. The molecule has 1 atom stereocenters. The van der Waals surface area contributed by atoms with Crippen LogP contribution < -0.4 is 5.32 Å². The molecule has 1 aromatic carbocycles. The molecule has 22 heavy (non-hydrogen) atoms. The molecule has 1 aliphatic heterocycles. The molecule has 2 aliphatic rings. The summed E-state index contributed by atoms with van der Waals surface area (Å²) >= 11 is 0. The van der Waals surface area contributed by atoms with Crippen LogP contribution in [-0.2, 0) is 16.4 Å². The highest BCUT2D eigenvalue weighted by atomic mass is 32.2. The molecule has 1 aromatic rings. The highest BCUT2D eigenvalue weighted by molar-refractivity contribution is 7.88. The Morgan fingerprint density at radius 3 is 2.55 bits per heavy atom. The molecule has 1 aliphatic carbocycles. The normalized spacial score (nSPS) is 22.4. The van der Waals surface area contributed by atoms with Crippen molar-refractivity contribution in [3.05, 3.63) is 35.4 Å². The molecule has 120 valence electrons. The van der Waals surface area contributed by atoms with Crippen molar-refractivity contribution in [3.8, 4) is 0 Å². The lowest BCUT2D eigenvalue weighted by Gasteiger charge is -2.34. The van der Waals surface area contributed by atoms with Crippen molar-refractivity contribution in [1.29, 1.82) is 0 Å². The largest absolute Gasteiger partial charge is 0.331 e. The van der Waals surface area contributed by atoms with Crippen LogP contribution in [0.5, 0.6) is 0 Å². The molecule has 1 saturated heterocycles. The summed E-state index contributed by atoms with van der Waals surface area (Å²) in [6.07, 6.45) is 3.12. The smallest absolute Gasteiger partial charge is 0.317 e. The third-order valence-electron chi connectivity index (χ3n) is 4.43. The van der Waals surface area contributed by atoms with E-state index in [4.69, 9.17) is 0 Å². The predicted octanol–water partition coefficient (Wildman–Crippen LogP) is 0.961. The Morgan fingerprint density at radius 1 is 1.18 bits per heavy atom. The van der Waals surface area contributed by atoms with Crippen LogP contribution in [0, 0.1) is 0 Å². The zero-order chi connectivity index (χ0) is 15.7. The number of carbonyl (C=O) groups is 1. The summed E-state index contributed by atoms with van der Waals surface area (Å²) in [7, 11) is -3.16. The summed E-state index contributed by atoms with van der Waals surface area (Å²) in [5, 5.41) is 3.08. The molecular weight excluding hydrogens is 302 g/mol. The number of nitrogens with one attached hydrogen (secondary N) is 1. The minimum absolute atomic E-state index is 0.0663. The topological polar surface area (TPSA) is 69.7 Å². The van der Waals surface area contributed by atoms with Crippen molar-refractivity contribution in [2.45, 2.75) is 18.9 Å². The lowest BCUT2D eigenvalue weighted by atomic mass is 10.1. The third-order valence-corrected chi connectivity index (χ3v) is 5.73. The van der Waals surface area contributed by atoms with Crippen LogP contribution in [0.2, 0.25) is 0 Å². The van der Waals surface area contributed by atoms with Gasteiger partial charge in [0.2, 0.25) is 10.0 Å². The molecular formula is C15H21N3O3S. The molecule has 1 heterocycles. The van der Waals surface area contributed by atoms with Gasteiger partial charge in [-0.3, -0.25) is 0 Å². The average Bonchev–Trinajstić information content (AvgIpc) is 2.90. The molecule has 3 rings (SSSR count). The van der Waals surface area contributed by atoms with E-state index in [2.05, 4.69) is 17.4 Å². The van der Waals surface area contributed by atoms with Crippen molar-refractivity contribution < 1.29 is 13.2 Å². The monoisotopic (exact) mass is 323 g/mol. The van der Waals surface area contributed by atoms with Crippen molar-refractivity contribution in [2.75, 3.05) is 32.4 Å². The molecule has 0 bridgehead atoms. The zero-order valence-corrected chi connectivity index (χ0v) is 13.5. The second kappa shape index (κ2) is 5.89. The standard InChI is InChI=1S/C15H21N3O3S/c1-22(20,21)18-10-8-17(9-11-18)15(19)16-14-7-6-12-4-2-3-5-13(12)14/h2-5,14H,6-11H2,1H3,(H,16,19)/t14-/m0/s1. The Bertz CT molecular complexity index is 666. The first kappa shape index (κ1) is 15.3. The van der Waals surface area contributed by atoms with Gasteiger partial charge in [0.25, 0.3) is 0 Å². The number of hydrogen-bond donors (Lipinski definition) is 1. The lowest BCUT2D eigenvalue weighted by Crippen LogP contribution is -2.53. The van der Waals surface area contributed by atoms with Crippen molar-refractivity contribution >= 4 is 16.1 Å². The van der Waals surface area contributed by atoms with Gasteiger partial charge in [0.1, 0.15) is 0 Å². The number of aryl methyl sites for hydroxylation is 1. The van der Waals surface area contributed by atoms with Crippen LogP contribution in [0.3, 0.4) is 0 Å². The first-order valence-corrected chi connectivity index (χ1v) is 9.38. The van der Waals surface area contributed by atoms with Crippen molar-refractivity contribution in [2.24, 2.45) is 0 Å². The van der Waals surface area contributed by atoms with Crippen LogP contribution in [0.25, 0.3) is 0 Å². The number of nitrogens with zero attached hydrogens (tertiary/aromatic N) is 2. The Kier molecular flexibility index (Phi) is 4.10. The number of rotatable bonds is 2. The minimum Gasteiger partial charge on any atom is -0.331 e. The van der Waals surface area contributed by atoms with Crippen molar-refractivity contribution in [1.82, 2.24) is 14.5 Å². The van der Waals surface area contributed by atoms with Gasteiger partial charge in [0, 0.05) is 26.2 Å². The lowest BCUT2D eigenvalue weighted by molar-refractivity contribution is 0.169. The highest BCUT2D eigenvalue weighted by Crippen LogP contribution is 2.30. The van der Waals surface area contributed by atoms with Gasteiger partial charge in [-0.15, -0.1) is 0 Å². The Balaban J connectivity index is 1.58. The summed E-state index contributed by atoms with van der Waals surface area (Å²) in [6, 6.07) is 8.15. The van der Waals surface area contributed by atoms with Gasteiger partial charge >= 0.3 is 6.03 Å². The molecule has 1 N–H and O–H groups in total. The quantitative estimate of drug-likeness (QED) is 0.881. The summed E-state index contributed by atoms with van der Waals surface area (Å²) in [4.78, 5) is 14.1. The fourth-order valence-corrected chi connectivity index (χ4v) is 4.00. The van der Waals surface area contributed by atoms with Gasteiger partial charge in [0.05, 0.1) is 12.3 Å². The summed E-state index contributed by atoms with van der Waals surface area (Å²) in [5.74, 6) is 0. The fraction of sp³-hybridized carbons (Fsp3) is 0.533.